The summed E-state index contributed by atoms with van der Waals surface area (Å²) in [4.78, 5) is 12.7. The molecule has 0 saturated carbocycles. The molecular formula is C14H17BrClFN2O2. The zero-order valence-electron chi connectivity index (χ0n) is 11.6. The van der Waals surface area contributed by atoms with E-state index in [9.17, 15) is 9.18 Å². The lowest BCUT2D eigenvalue weighted by Crippen LogP contribution is -2.47. The van der Waals surface area contributed by atoms with Crippen LogP contribution in [0.5, 0.6) is 0 Å². The first-order valence-electron chi connectivity index (χ1n) is 6.64. The van der Waals surface area contributed by atoms with Gasteiger partial charge in [-0.25, -0.2) is 4.39 Å². The maximum atomic E-state index is 13.2. The first-order chi connectivity index (χ1) is 9.98. The van der Waals surface area contributed by atoms with Gasteiger partial charge in [-0.1, -0.05) is 11.6 Å². The van der Waals surface area contributed by atoms with Crippen molar-refractivity contribution in [3.63, 3.8) is 0 Å². The Kier molecular flexibility index (Phi) is 5.60. The van der Waals surface area contributed by atoms with Crippen LogP contribution < -0.4 is 10.6 Å². The van der Waals surface area contributed by atoms with E-state index in [4.69, 9.17) is 16.3 Å². The van der Waals surface area contributed by atoms with Gasteiger partial charge in [-0.2, -0.15) is 0 Å². The second-order valence-electron chi connectivity index (χ2n) is 5.16. The van der Waals surface area contributed by atoms with Crippen LogP contribution in [-0.2, 0) is 9.53 Å². The number of benzene rings is 1. The van der Waals surface area contributed by atoms with Gasteiger partial charge in [0.15, 0.2) is 0 Å². The Morgan fingerprint density at radius 1 is 1.52 bits per heavy atom. The minimum Gasteiger partial charge on any atom is -0.384 e. The Labute approximate surface area is 136 Å². The lowest BCUT2D eigenvalue weighted by molar-refractivity contribution is -0.130. The fourth-order valence-corrected chi connectivity index (χ4v) is 3.43. The molecule has 0 bridgehead atoms. The zero-order valence-corrected chi connectivity index (χ0v) is 14.0. The largest absolute Gasteiger partial charge is 0.384 e. The van der Waals surface area contributed by atoms with Gasteiger partial charge in [-0.05, 0) is 54.0 Å². The summed E-state index contributed by atoms with van der Waals surface area (Å²) in [6, 6.07) is 2.44. The molecule has 1 heterocycles. The van der Waals surface area contributed by atoms with Gasteiger partial charge in [-0.3, -0.25) is 4.79 Å². The van der Waals surface area contributed by atoms with Crippen LogP contribution >= 0.6 is 27.5 Å². The molecule has 1 aromatic carbocycles. The number of nitrogens with one attached hydrogen (secondary N) is 2. The Morgan fingerprint density at radius 3 is 2.76 bits per heavy atom. The molecule has 0 atom stereocenters. The van der Waals surface area contributed by atoms with Crippen LogP contribution in [0.3, 0.4) is 0 Å². The van der Waals surface area contributed by atoms with E-state index in [0.29, 0.717) is 29.6 Å². The molecule has 0 aliphatic carbocycles. The lowest BCUT2D eigenvalue weighted by atomic mass is 9.78. The van der Waals surface area contributed by atoms with E-state index < -0.39 is 11.2 Å². The van der Waals surface area contributed by atoms with Crippen molar-refractivity contribution in [2.75, 3.05) is 32.1 Å². The molecule has 0 spiro atoms. The normalized spacial score (nSPS) is 17.5. The van der Waals surface area contributed by atoms with E-state index in [2.05, 4.69) is 26.6 Å². The van der Waals surface area contributed by atoms with Crippen molar-refractivity contribution in [3.05, 3.63) is 27.4 Å². The summed E-state index contributed by atoms with van der Waals surface area (Å²) in [5.41, 5.74) is -0.200. The van der Waals surface area contributed by atoms with Gasteiger partial charge in [0, 0.05) is 11.6 Å². The molecule has 116 valence electrons. The summed E-state index contributed by atoms with van der Waals surface area (Å²) in [6.07, 6.45) is 1.37. The highest BCUT2D eigenvalue weighted by molar-refractivity contribution is 9.10. The number of anilines is 1. The van der Waals surface area contributed by atoms with Crippen molar-refractivity contribution in [1.29, 1.82) is 0 Å². The van der Waals surface area contributed by atoms with Crippen LogP contribution in [0.15, 0.2) is 16.6 Å². The van der Waals surface area contributed by atoms with Gasteiger partial charge in [0.25, 0.3) is 0 Å². The quantitative estimate of drug-likeness (QED) is 0.845. The van der Waals surface area contributed by atoms with Crippen LogP contribution in [0.4, 0.5) is 10.1 Å². The number of ether oxygens (including phenoxy) is 1. The third-order valence-electron chi connectivity index (χ3n) is 3.71. The van der Waals surface area contributed by atoms with E-state index >= 15 is 0 Å². The molecule has 1 fully saturated rings. The molecule has 1 aliphatic rings. The van der Waals surface area contributed by atoms with Crippen molar-refractivity contribution in [2.45, 2.75) is 12.8 Å². The predicted octanol–water partition coefficient (Wildman–Crippen LogP) is 3.20. The van der Waals surface area contributed by atoms with E-state index in [1.165, 1.54) is 12.1 Å². The van der Waals surface area contributed by atoms with Gasteiger partial charge in [-0.15, -0.1) is 0 Å². The zero-order chi connectivity index (χ0) is 15.5. The third kappa shape index (κ3) is 3.74. The second-order valence-corrected chi connectivity index (χ2v) is 6.42. The molecule has 2 N–H and O–H groups in total. The molecule has 1 aliphatic heterocycles. The highest BCUT2D eigenvalue weighted by Crippen LogP contribution is 2.35. The number of carbonyl (C=O) groups excluding carboxylic acids is 1. The lowest BCUT2D eigenvalue weighted by Gasteiger charge is -2.35. The first kappa shape index (κ1) is 16.7. The number of halogens is 3. The minimum absolute atomic E-state index is 0.153. The highest BCUT2D eigenvalue weighted by atomic mass is 79.9. The van der Waals surface area contributed by atoms with E-state index in [0.717, 1.165) is 13.1 Å². The predicted molar refractivity (Wildman–Crippen MR) is 84.2 cm³/mol. The summed E-state index contributed by atoms with van der Waals surface area (Å²) < 4.78 is 18.9. The Morgan fingerprint density at radius 2 is 2.19 bits per heavy atom. The molecule has 4 nitrogen and oxygen atoms in total. The van der Waals surface area contributed by atoms with Gasteiger partial charge in [0.05, 0.1) is 22.7 Å². The number of amides is 1. The van der Waals surface area contributed by atoms with Crippen LogP contribution in [0, 0.1) is 11.2 Å². The summed E-state index contributed by atoms with van der Waals surface area (Å²) in [6.45, 7) is 1.86. The molecule has 2 rings (SSSR count). The van der Waals surface area contributed by atoms with E-state index in [1.807, 2.05) is 0 Å². The Bertz CT molecular complexity index is 507. The second kappa shape index (κ2) is 7.05. The number of rotatable bonds is 4. The molecule has 0 aromatic heterocycles. The Hall–Kier alpha value is -0.690. The minimum atomic E-state index is -0.586. The number of carbonyl (C=O) groups is 1. The van der Waals surface area contributed by atoms with Crippen LogP contribution in [0.2, 0.25) is 5.02 Å². The average molecular weight is 380 g/mol. The molecule has 1 amide bonds. The number of hydrogen-bond acceptors (Lipinski definition) is 3. The number of piperidine rings is 1. The summed E-state index contributed by atoms with van der Waals surface area (Å²) in [5.74, 6) is -0.613. The average Bonchev–Trinajstić information content (AvgIpc) is 2.44. The van der Waals surface area contributed by atoms with Gasteiger partial charge >= 0.3 is 0 Å². The molecule has 0 unspecified atom stereocenters. The van der Waals surface area contributed by atoms with Crippen molar-refractivity contribution in [3.8, 4) is 0 Å². The van der Waals surface area contributed by atoms with E-state index in [1.54, 1.807) is 7.11 Å². The summed E-state index contributed by atoms with van der Waals surface area (Å²) >= 11 is 9.24. The molecular weight excluding hydrogens is 363 g/mol. The summed E-state index contributed by atoms with van der Waals surface area (Å²) in [5, 5.41) is 6.20. The van der Waals surface area contributed by atoms with Crippen LogP contribution in [-0.4, -0.2) is 32.7 Å². The molecule has 0 radical (unpaired) electrons. The third-order valence-corrected chi connectivity index (χ3v) is 4.63. The van der Waals surface area contributed by atoms with Crippen LogP contribution in [0.1, 0.15) is 12.8 Å². The van der Waals surface area contributed by atoms with Crippen molar-refractivity contribution < 1.29 is 13.9 Å². The Balaban J connectivity index is 2.23. The monoisotopic (exact) mass is 378 g/mol. The number of methoxy groups -OCH3 is 1. The maximum Gasteiger partial charge on any atom is 0.233 e. The topological polar surface area (TPSA) is 50.4 Å². The van der Waals surface area contributed by atoms with Gasteiger partial charge in [0.2, 0.25) is 5.91 Å². The first-order valence-corrected chi connectivity index (χ1v) is 7.81. The fraction of sp³-hybridized carbons (Fsp3) is 0.500. The fourth-order valence-electron chi connectivity index (χ4n) is 2.53. The highest BCUT2D eigenvalue weighted by Gasteiger charge is 2.40. The molecule has 7 heteroatoms. The standard InChI is InChI=1S/C14H17BrClFN2O2/c1-21-8-14(2-4-18-5-3-14)13(20)19-12-10(15)6-9(17)7-11(12)16/h6-7,18H,2-5,8H2,1H3,(H,19,20). The van der Waals surface area contributed by atoms with Gasteiger partial charge < -0.3 is 15.4 Å². The molecule has 1 saturated heterocycles. The smallest absolute Gasteiger partial charge is 0.233 e. The number of hydrogen-bond donors (Lipinski definition) is 2. The van der Waals surface area contributed by atoms with Gasteiger partial charge in [0.1, 0.15) is 5.82 Å². The molecule has 21 heavy (non-hydrogen) atoms. The molecule has 1 aromatic rings. The summed E-state index contributed by atoms with van der Waals surface area (Å²) in [7, 11) is 1.58. The van der Waals surface area contributed by atoms with Crippen LogP contribution in [0.25, 0.3) is 0 Å². The SMILES string of the molecule is COCC1(C(=O)Nc2c(Cl)cc(F)cc2Br)CCNCC1. The van der Waals surface area contributed by atoms with Crippen molar-refractivity contribution >= 4 is 39.1 Å². The van der Waals surface area contributed by atoms with E-state index in [-0.39, 0.29) is 10.9 Å². The van der Waals surface area contributed by atoms with Crippen molar-refractivity contribution in [2.24, 2.45) is 5.41 Å². The van der Waals surface area contributed by atoms with Crippen molar-refractivity contribution in [1.82, 2.24) is 5.32 Å². The maximum absolute atomic E-state index is 13.2.